The van der Waals surface area contributed by atoms with Crippen molar-refractivity contribution in [2.45, 2.75) is 170 Å². The SMILES string of the molecule is CCCCCCCCCCCCCCCCCCCC(F)(F)C(F)(F)C(F)(F)C(F)(F)C(F)(F)C(F)(F)C(F)(F)C(F)(F)F. The van der Waals surface area contributed by atoms with Gasteiger partial charge >= 0.3 is 47.6 Å². The molecule has 266 valence electrons. The van der Waals surface area contributed by atoms with Crippen molar-refractivity contribution in [3.05, 3.63) is 0 Å². The molecule has 0 aliphatic heterocycles. The molecule has 0 heterocycles. The lowest BCUT2D eigenvalue weighted by molar-refractivity contribution is -0.461. The van der Waals surface area contributed by atoms with Gasteiger partial charge in [-0.25, -0.2) is 0 Å². The Morgan fingerprint density at radius 2 is 0.500 bits per heavy atom. The van der Waals surface area contributed by atoms with Crippen molar-refractivity contribution in [3.63, 3.8) is 0 Å². The van der Waals surface area contributed by atoms with Gasteiger partial charge in [-0.1, -0.05) is 110 Å². The van der Waals surface area contributed by atoms with E-state index < -0.39 is 60.5 Å². The molecular formula is C27H39F17. The largest absolute Gasteiger partial charge is 0.460 e. The van der Waals surface area contributed by atoms with Gasteiger partial charge in [-0.05, 0) is 6.42 Å². The molecule has 0 bridgehead atoms. The molecule has 0 radical (unpaired) electrons. The second-order valence-corrected chi connectivity index (χ2v) is 11.1. The molecule has 0 N–H and O–H groups in total. The third-order valence-electron chi connectivity index (χ3n) is 7.38. The van der Waals surface area contributed by atoms with Crippen molar-refractivity contribution in [2.75, 3.05) is 0 Å². The second-order valence-electron chi connectivity index (χ2n) is 11.1. The van der Waals surface area contributed by atoms with Crippen molar-refractivity contribution >= 4 is 0 Å². The number of hydrogen-bond acceptors (Lipinski definition) is 0. The van der Waals surface area contributed by atoms with E-state index in [0.717, 1.165) is 44.9 Å². The van der Waals surface area contributed by atoms with Gasteiger partial charge in [-0.15, -0.1) is 0 Å². The summed E-state index contributed by atoms with van der Waals surface area (Å²) in [5.41, 5.74) is 0. The minimum atomic E-state index is -8.57. The molecule has 0 atom stereocenters. The molecule has 0 rings (SSSR count). The standard InChI is InChI=1S/C27H39F17/c1-2-3-4-5-6-7-8-9-10-11-12-13-14-15-16-17-18-19-20(28,29)21(30,31)22(32,33)23(34,35)24(36,37)25(38,39)26(40,41)27(42,43)44/h2-19H2,1H3. The van der Waals surface area contributed by atoms with Gasteiger partial charge in [-0.3, -0.25) is 0 Å². The van der Waals surface area contributed by atoms with E-state index in [0.29, 0.717) is 12.8 Å². The second kappa shape index (κ2) is 16.6. The fraction of sp³-hybridized carbons (Fsp3) is 1.00. The third-order valence-corrected chi connectivity index (χ3v) is 7.38. The summed E-state index contributed by atoms with van der Waals surface area (Å²) in [6.45, 7) is 2.14. The first-order chi connectivity index (χ1) is 19.8. The van der Waals surface area contributed by atoms with Crippen LogP contribution in [0.25, 0.3) is 0 Å². The zero-order valence-electron chi connectivity index (χ0n) is 24.2. The van der Waals surface area contributed by atoms with Crippen molar-refractivity contribution in [2.24, 2.45) is 0 Å². The molecule has 0 aliphatic carbocycles. The average Bonchev–Trinajstić information content (AvgIpc) is 2.89. The van der Waals surface area contributed by atoms with Crippen LogP contribution in [0.1, 0.15) is 122 Å². The van der Waals surface area contributed by atoms with Crippen LogP contribution >= 0.6 is 0 Å². The van der Waals surface area contributed by atoms with Crippen LogP contribution in [0, 0.1) is 0 Å². The smallest absolute Gasteiger partial charge is 0.200 e. The van der Waals surface area contributed by atoms with E-state index in [1.54, 1.807) is 0 Å². The molecule has 17 heteroatoms. The predicted molar refractivity (Wildman–Crippen MR) is 129 cm³/mol. The molecule has 0 aromatic carbocycles. The van der Waals surface area contributed by atoms with Gasteiger partial charge in [0.25, 0.3) is 0 Å². The summed E-state index contributed by atoms with van der Waals surface area (Å²) >= 11 is 0. The van der Waals surface area contributed by atoms with Crippen LogP contribution in [0.5, 0.6) is 0 Å². The lowest BCUT2D eigenvalue weighted by Gasteiger charge is -2.42. The van der Waals surface area contributed by atoms with Crippen LogP contribution in [0.3, 0.4) is 0 Å². The number of unbranched alkanes of at least 4 members (excludes halogenated alkanes) is 16. The Labute approximate surface area is 245 Å². The first-order valence-corrected chi connectivity index (χ1v) is 14.5. The molecular weight excluding hydrogens is 647 g/mol. The van der Waals surface area contributed by atoms with Gasteiger partial charge in [0, 0.05) is 6.42 Å². The van der Waals surface area contributed by atoms with E-state index in [1.165, 1.54) is 32.1 Å². The highest BCUT2D eigenvalue weighted by atomic mass is 19.4. The van der Waals surface area contributed by atoms with Crippen LogP contribution in [0.2, 0.25) is 0 Å². The van der Waals surface area contributed by atoms with Crippen molar-refractivity contribution in [1.29, 1.82) is 0 Å². The lowest BCUT2D eigenvalue weighted by atomic mass is 9.87. The Morgan fingerprint density at radius 1 is 0.273 bits per heavy atom. The first kappa shape index (κ1) is 42.8. The number of alkyl halides is 17. The van der Waals surface area contributed by atoms with Crippen molar-refractivity contribution in [3.8, 4) is 0 Å². The van der Waals surface area contributed by atoms with Crippen molar-refractivity contribution in [1.82, 2.24) is 0 Å². The summed E-state index contributed by atoms with van der Waals surface area (Å²) in [4.78, 5) is 0. The van der Waals surface area contributed by atoms with Crippen LogP contribution in [0.4, 0.5) is 74.6 Å². The van der Waals surface area contributed by atoms with E-state index in [-0.39, 0.29) is 12.8 Å². The Bertz CT molecular complexity index is 803. The van der Waals surface area contributed by atoms with E-state index in [9.17, 15) is 74.6 Å². The Kier molecular flexibility index (Phi) is 16.1. The fourth-order valence-corrected chi connectivity index (χ4v) is 4.43. The van der Waals surface area contributed by atoms with E-state index >= 15 is 0 Å². The summed E-state index contributed by atoms with van der Waals surface area (Å²) in [7, 11) is 0. The quantitative estimate of drug-likeness (QED) is 0.0700. The van der Waals surface area contributed by atoms with E-state index in [4.69, 9.17) is 0 Å². The Balaban J connectivity index is 4.83. The van der Waals surface area contributed by atoms with Crippen LogP contribution in [0.15, 0.2) is 0 Å². The van der Waals surface area contributed by atoms with E-state index in [2.05, 4.69) is 6.92 Å². The molecule has 0 amide bonds. The molecule has 44 heavy (non-hydrogen) atoms. The first-order valence-electron chi connectivity index (χ1n) is 14.5. The summed E-state index contributed by atoms with van der Waals surface area (Å²) in [6.07, 6.45) is 2.65. The molecule has 0 fully saturated rings. The summed E-state index contributed by atoms with van der Waals surface area (Å²) in [6, 6.07) is 0. The van der Waals surface area contributed by atoms with Gasteiger partial charge in [0.1, 0.15) is 0 Å². The van der Waals surface area contributed by atoms with Gasteiger partial charge in [-0.2, -0.15) is 74.6 Å². The van der Waals surface area contributed by atoms with E-state index in [1.807, 2.05) is 0 Å². The highest BCUT2D eigenvalue weighted by molar-refractivity contribution is 5.15. The fourth-order valence-electron chi connectivity index (χ4n) is 4.43. The number of hydrogen-bond donors (Lipinski definition) is 0. The Morgan fingerprint density at radius 3 is 0.773 bits per heavy atom. The normalized spacial score (nSPS) is 14.9. The van der Waals surface area contributed by atoms with Crippen LogP contribution < -0.4 is 0 Å². The van der Waals surface area contributed by atoms with Crippen LogP contribution in [-0.4, -0.2) is 47.6 Å². The average molecular weight is 687 g/mol. The van der Waals surface area contributed by atoms with Gasteiger partial charge in [0.15, 0.2) is 0 Å². The highest BCUT2D eigenvalue weighted by Gasteiger charge is 2.95. The maximum absolute atomic E-state index is 13.9. The number of rotatable bonds is 24. The van der Waals surface area contributed by atoms with Gasteiger partial charge in [0.05, 0.1) is 0 Å². The lowest BCUT2D eigenvalue weighted by Crippen LogP contribution is -2.74. The highest BCUT2D eigenvalue weighted by Crippen LogP contribution is 2.64. The topological polar surface area (TPSA) is 0 Å². The molecule has 0 aliphatic rings. The molecule has 0 saturated carbocycles. The molecule has 0 nitrogen and oxygen atoms in total. The maximum atomic E-state index is 13.9. The van der Waals surface area contributed by atoms with Gasteiger partial charge in [0.2, 0.25) is 0 Å². The minimum Gasteiger partial charge on any atom is -0.200 e. The minimum absolute atomic E-state index is 0.100. The molecule has 0 aromatic heterocycles. The molecule has 0 unspecified atom stereocenters. The molecule has 0 aromatic rings. The summed E-state index contributed by atoms with van der Waals surface area (Å²) < 4.78 is 226. The Hall–Kier alpha value is -1.19. The zero-order valence-corrected chi connectivity index (χ0v) is 24.2. The monoisotopic (exact) mass is 686 g/mol. The third kappa shape index (κ3) is 9.66. The van der Waals surface area contributed by atoms with Crippen molar-refractivity contribution < 1.29 is 74.6 Å². The predicted octanol–water partition coefficient (Wildman–Crippen LogP) is 13.0. The number of halogens is 17. The summed E-state index contributed by atoms with van der Waals surface area (Å²) in [5, 5.41) is 0. The molecule has 0 spiro atoms. The van der Waals surface area contributed by atoms with Crippen LogP contribution in [-0.2, 0) is 0 Å². The summed E-state index contributed by atoms with van der Waals surface area (Å²) in [5.74, 6) is -55.7. The van der Waals surface area contributed by atoms with Gasteiger partial charge < -0.3 is 0 Å². The maximum Gasteiger partial charge on any atom is 0.460 e. The molecule has 0 saturated heterocycles. The zero-order chi connectivity index (χ0) is 34.7.